The maximum atomic E-state index is 11.5. The van der Waals surface area contributed by atoms with Crippen molar-refractivity contribution in [3.8, 4) is 0 Å². The Hall–Kier alpha value is -2.36. The monoisotopic (exact) mass is 240 g/mol. The number of nitrogens with zero attached hydrogens (tertiary/aromatic N) is 1. The summed E-state index contributed by atoms with van der Waals surface area (Å²) in [5, 5.41) is 2.21. The van der Waals surface area contributed by atoms with Gasteiger partial charge in [-0.3, -0.25) is 4.98 Å². The first-order chi connectivity index (χ1) is 8.70. The van der Waals surface area contributed by atoms with Crippen LogP contribution in [0.3, 0.4) is 0 Å². The fourth-order valence-corrected chi connectivity index (χ4v) is 2.21. The predicted molar refractivity (Wildman–Crippen MR) is 69.7 cm³/mol. The molecule has 0 fully saturated rings. The van der Waals surface area contributed by atoms with Crippen molar-refractivity contribution in [2.75, 3.05) is 7.11 Å². The van der Waals surface area contributed by atoms with Crippen molar-refractivity contribution in [2.45, 2.75) is 6.92 Å². The lowest BCUT2D eigenvalue weighted by Gasteiger charge is -1.98. The predicted octanol–water partition coefficient (Wildman–Crippen LogP) is 2.81. The summed E-state index contributed by atoms with van der Waals surface area (Å²) in [5.41, 5.74) is 3.42. The molecular formula is C14H12N2O2. The second kappa shape index (κ2) is 3.84. The minimum Gasteiger partial charge on any atom is -0.465 e. The number of carbonyl (C=O) groups is 1. The van der Waals surface area contributed by atoms with E-state index in [2.05, 4.69) is 9.97 Å². The molecule has 18 heavy (non-hydrogen) atoms. The minimum atomic E-state index is -0.328. The highest BCUT2D eigenvalue weighted by atomic mass is 16.5. The average molecular weight is 240 g/mol. The number of aromatic amines is 1. The van der Waals surface area contributed by atoms with Crippen molar-refractivity contribution in [3.63, 3.8) is 0 Å². The van der Waals surface area contributed by atoms with E-state index in [0.29, 0.717) is 5.56 Å². The molecule has 0 unspecified atom stereocenters. The second-order valence-corrected chi connectivity index (χ2v) is 4.20. The molecular weight excluding hydrogens is 228 g/mol. The zero-order valence-electron chi connectivity index (χ0n) is 10.2. The first-order valence-corrected chi connectivity index (χ1v) is 5.66. The zero-order valence-corrected chi connectivity index (χ0v) is 10.2. The lowest BCUT2D eigenvalue weighted by Crippen LogP contribution is -2.00. The summed E-state index contributed by atoms with van der Waals surface area (Å²) in [4.78, 5) is 19.0. The average Bonchev–Trinajstić information content (AvgIpc) is 2.77. The number of esters is 1. The fourth-order valence-electron chi connectivity index (χ4n) is 2.21. The molecule has 0 aliphatic heterocycles. The molecule has 1 aromatic carbocycles. The summed E-state index contributed by atoms with van der Waals surface area (Å²) in [7, 11) is 1.38. The molecule has 1 N–H and O–H groups in total. The summed E-state index contributed by atoms with van der Waals surface area (Å²) in [5.74, 6) is -0.328. The first-order valence-electron chi connectivity index (χ1n) is 5.66. The van der Waals surface area contributed by atoms with Crippen molar-refractivity contribution in [1.29, 1.82) is 0 Å². The van der Waals surface area contributed by atoms with Gasteiger partial charge in [0.2, 0.25) is 0 Å². The van der Waals surface area contributed by atoms with Gasteiger partial charge in [-0.25, -0.2) is 4.79 Å². The van der Waals surface area contributed by atoms with Crippen LogP contribution in [0.4, 0.5) is 0 Å². The Labute approximate surface area is 104 Å². The van der Waals surface area contributed by atoms with Crippen molar-refractivity contribution < 1.29 is 9.53 Å². The van der Waals surface area contributed by atoms with Gasteiger partial charge in [0, 0.05) is 22.5 Å². The van der Waals surface area contributed by atoms with Gasteiger partial charge in [0.15, 0.2) is 0 Å². The quantitative estimate of drug-likeness (QED) is 0.665. The third-order valence-electron chi connectivity index (χ3n) is 3.13. The molecule has 4 heteroatoms. The highest BCUT2D eigenvalue weighted by molar-refractivity contribution is 6.09. The van der Waals surface area contributed by atoms with Crippen LogP contribution in [0, 0.1) is 6.92 Å². The van der Waals surface area contributed by atoms with Gasteiger partial charge in [-0.2, -0.15) is 0 Å². The normalized spacial score (nSPS) is 11.0. The number of benzene rings is 1. The molecule has 0 spiro atoms. The number of fused-ring (bicyclic) bond motifs is 3. The minimum absolute atomic E-state index is 0.328. The van der Waals surface area contributed by atoms with Crippen LogP contribution in [0.1, 0.15) is 16.1 Å². The number of hydrogen-bond acceptors (Lipinski definition) is 3. The van der Waals surface area contributed by atoms with Gasteiger partial charge >= 0.3 is 5.97 Å². The third kappa shape index (κ3) is 1.46. The molecule has 0 atom stereocenters. The van der Waals surface area contributed by atoms with E-state index >= 15 is 0 Å². The van der Waals surface area contributed by atoms with Gasteiger partial charge in [-0.15, -0.1) is 0 Å². The van der Waals surface area contributed by atoms with Crippen LogP contribution in [0.15, 0.2) is 30.5 Å². The zero-order chi connectivity index (χ0) is 12.7. The van der Waals surface area contributed by atoms with E-state index in [0.717, 1.165) is 27.5 Å². The molecule has 0 saturated carbocycles. The summed E-state index contributed by atoms with van der Waals surface area (Å²) >= 11 is 0. The Morgan fingerprint density at radius 3 is 2.89 bits per heavy atom. The summed E-state index contributed by atoms with van der Waals surface area (Å²) < 4.78 is 4.72. The molecule has 0 bridgehead atoms. The van der Waals surface area contributed by atoms with Crippen LogP contribution >= 0.6 is 0 Å². The summed E-state index contributed by atoms with van der Waals surface area (Å²) in [6.45, 7) is 1.96. The molecule has 0 radical (unpaired) electrons. The number of methoxy groups -OCH3 is 1. The molecule has 0 amide bonds. The van der Waals surface area contributed by atoms with Gasteiger partial charge in [-0.1, -0.05) is 6.07 Å². The largest absolute Gasteiger partial charge is 0.465 e. The van der Waals surface area contributed by atoms with Crippen LogP contribution in [-0.4, -0.2) is 23.0 Å². The van der Waals surface area contributed by atoms with E-state index in [1.807, 2.05) is 19.1 Å². The third-order valence-corrected chi connectivity index (χ3v) is 3.13. The Morgan fingerprint density at radius 1 is 1.28 bits per heavy atom. The van der Waals surface area contributed by atoms with Crippen LogP contribution < -0.4 is 0 Å². The molecule has 2 aromatic heterocycles. The summed E-state index contributed by atoms with van der Waals surface area (Å²) in [6, 6.07) is 7.48. The van der Waals surface area contributed by atoms with Gasteiger partial charge in [0.05, 0.1) is 23.9 Å². The van der Waals surface area contributed by atoms with Crippen LogP contribution in [0.2, 0.25) is 0 Å². The highest BCUT2D eigenvalue weighted by Gasteiger charge is 2.10. The molecule has 0 saturated heterocycles. The number of H-pyrrole nitrogens is 1. The van der Waals surface area contributed by atoms with E-state index in [4.69, 9.17) is 4.74 Å². The number of nitrogens with one attached hydrogen (secondary N) is 1. The number of aromatic nitrogens is 2. The van der Waals surface area contributed by atoms with Crippen LogP contribution in [0.25, 0.3) is 21.8 Å². The Balaban J connectivity index is 2.33. The number of carbonyl (C=O) groups excluding carboxylic acids is 1. The van der Waals surface area contributed by atoms with Gasteiger partial charge < -0.3 is 9.72 Å². The van der Waals surface area contributed by atoms with Crippen LogP contribution in [-0.2, 0) is 4.74 Å². The number of pyridine rings is 1. The summed E-state index contributed by atoms with van der Waals surface area (Å²) in [6.07, 6.45) is 1.79. The standard InChI is InChI=1S/C14H12N2O2/c1-8-13-11(5-6-15-8)10-4-3-9(14(17)18-2)7-12(10)16-13/h3-7,16H,1-2H3. The Kier molecular flexibility index (Phi) is 2.30. The Bertz CT molecular complexity index is 759. The van der Waals surface area contributed by atoms with Crippen molar-refractivity contribution in [2.24, 2.45) is 0 Å². The molecule has 3 aromatic rings. The number of aryl methyl sites for hydroxylation is 1. The van der Waals surface area contributed by atoms with E-state index in [1.165, 1.54) is 7.11 Å². The van der Waals surface area contributed by atoms with Gasteiger partial charge in [-0.05, 0) is 25.1 Å². The van der Waals surface area contributed by atoms with Crippen molar-refractivity contribution in [1.82, 2.24) is 9.97 Å². The topological polar surface area (TPSA) is 55.0 Å². The van der Waals surface area contributed by atoms with Crippen LogP contribution in [0.5, 0.6) is 0 Å². The Morgan fingerprint density at radius 2 is 2.11 bits per heavy atom. The second-order valence-electron chi connectivity index (χ2n) is 4.20. The van der Waals surface area contributed by atoms with E-state index in [9.17, 15) is 4.79 Å². The molecule has 0 aliphatic rings. The lowest BCUT2D eigenvalue weighted by molar-refractivity contribution is 0.0601. The molecule has 3 rings (SSSR count). The molecule has 90 valence electrons. The van der Waals surface area contributed by atoms with Crippen molar-refractivity contribution >= 4 is 27.8 Å². The van der Waals surface area contributed by atoms with E-state index in [-0.39, 0.29) is 5.97 Å². The number of ether oxygens (including phenoxy) is 1. The molecule has 4 nitrogen and oxygen atoms in total. The SMILES string of the molecule is COC(=O)c1ccc2c(c1)[nH]c1c(C)nccc12. The van der Waals surface area contributed by atoms with Crippen molar-refractivity contribution in [3.05, 3.63) is 41.7 Å². The van der Waals surface area contributed by atoms with E-state index < -0.39 is 0 Å². The van der Waals surface area contributed by atoms with Gasteiger partial charge in [0.1, 0.15) is 0 Å². The smallest absolute Gasteiger partial charge is 0.337 e. The lowest BCUT2D eigenvalue weighted by atomic mass is 10.1. The maximum Gasteiger partial charge on any atom is 0.337 e. The first kappa shape index (κ1) is 10.8. The molecule has 0 aliphatic carbocycles. The van der Waals surface area contributed by atoms with E-state index in [1.54, 1.807) is 18.3 Å². The fraction of sp³-hybridized carbons (Fsp3) is 0.143. The highest BCUT2D eigenvalue weighted by Crippen LogP contribution is 2.27. The maximum absolute atomic E-state index is 11.5. The number of hydrogen-bond donors (Lipinski definition) is 1. The van der Waals surface area contributed by atoms with Gasteiger partial charge in [0.25, 0.3) is 0 Å². The number of rotatable bonds is 1. The molecule has 2 heterocycles.